The maximum Gasteiger partial charge on any atom is 0.161 e. The topological polar surface area (TPSA) is 37.8 Å². The van der Waals surface area contributed by atoms with Gasteiger partial charge in [-0.2, -0.15) is 0 Å². The molecule has 1 aromatic carbocycles. The third-order valence-corrected chi connectivity index (χ3v) is 3.90. The minimum Gasteiger partial charge on any atom is -0.369 e. The summed E-state index contributed by atoms with van der Waals surface area (Å²) in [5.41, 5.74) is 1.95. The monoisotopic (exact) mass is 353 g/mol. The fraction of sp³-hybridized carbons (Fsp3) is 0.333. The van der Waals surface area contributed by atoms with E-state index in [1.165, 1.54) is 0 Å². The second-order valence-electron chi connectivity index (χ2n) is 4.45. The largest absolute Gasteiger partial charge is 0.369 e. The van der Waals surface area contributed by atoms with Crippen molar-refractivity contribution in [1.82, 2.24) is 9.97 Å². The van der Waals surface area contributed by atoms with Gasteiger partial charge in [-0.05, 0) is 41.4 Å². The molecule has 0 saturated carbocycles. The molecule has 1 aromatic heterocycles. The van der Waals surface area contributed by atoms with Crippen LogP contribution in [0.5, 0.6) is 0 Å². The minimum atomic E-state index is 0.691. The minimum absolute atomic E-state index is 0.691. The molecule has 2 aromatic rings. The lowest BCUT2D eigenvalue weighted by Gasteiger charge is -2.12. The van der Waals surface area contributed by atoms with Gasteiger partial charge in [-0.1, -0.05) is 37.1 Å². The normalized spacial score (nSPS) is 10.6. The van der Waals surface area contributed by atoms with Crippen LogP contribution in [0.25, 0.3) is 11.4 Å². The average molecular weight is 355 g/mol. The molecule has 0 saturated heterocycles. The molecule has 0 amide bonds. The predicted molar refractivity (Wildman–Crippen MR) is 88.3 cm³/mol. The van der Waals surface area contributed by atoms with Crippen molar-refractivity contribution in [2.45, 2.75) is 26.7 Å². The van der Waals surface area contributed by atoms with E-state index >= 15 is 0 Å². The number of nitrogens with one attached hydrogen (secondary N) is 1. The number of benzene rings is 1. The van der Waals surface area contributed by atoms with Gasteiger partial charge in [0.25, 0.3) is 0 Å². The molecule has 1 N–H and O–H groups in total. The lowest BCUT2D eigenvalue weighted by Crippen LogP contribution is -2.06. The summed E-state index contributed by atoms with van der Waals surface area (Å²) < 4.78 is 0.951. The van der Waals surface area contributed by atoms with Crippen LogP contribution < -0.4 is 5.32 Å². The molecule has 0 aliphatic heterocycles. The van der Waals surface area contributed by atoms with Gasteiger partial charge in [0.15, 0.2) is 5.82 Å². The van der Waals surface area contributed by atoms with Crippen molar-refractivity contribution in [3.63, 3.8) is 0 Å². The molecular weight excluding hydrogens is 338 g/mol. The Labute approximate surface area is 132 Å². The van der Waals surface area contributed by atoms with Crippen molar-refractivity contribution < 1.29 is 0 Å². The van der Waals surface area contributed by atoms with Crippen LogP contribution in [0.1, 0.15) is 26.0 Å². The highest BCUT2D eigenvalue weighted by Crippen LogP contribution is 2.28. The predicted octanol–water partition coefficient (Wildman–Crippen LogP) is 4.94. The summed E-state index contributed by atoms with van der Waals surface area (Å²) in [6.45, 7) is 5.00. The Morgan fingerprint density at radius 2 is 2.05 bits per heavy atom. The molecule has 2 rings (SSSR count). The zero-order chi connectivity index (χ0) is 14.5. The van der Waals surface area contributed by atoms with Crippen molar-refractivity contribution in [3.8, 4) is 11.4 Å². The van der Waals surface area contributed by atoms with Gasteiger partial charge >= 0.3 is 0 Å². The third kappa shape index (κ3) is 3.49. The van der Waals surface area contributed by atoms with E-state index in [2.05, 4.69) is 38.1 Å². The van der Waals surface area contributed by atoms with Gasteiger partial charge in [-0.25, -0.2) is 9.97 Å². The standard InChI is InChI=1S/C15H17BrClN3/c1-3-6-12-13(16)15(18-4-2)20-14(19-12)10-7-5-8-11(17)9-10/h5,7-9H,3-4,6H2,1-2H3,(H,18,19,20). The highest BCUT2D eigenvalue weighted by Gasteiger charge is 2.12. The van der Waals surface area contributed by atoms with E-state index in [4.69, 9.17) is 11.6 Å². The molecule has 5 heteroatoms. The Kier molecular flexibility index (Phi) is 5.38. The maximum atomic E-state index is 6.05. The summed E-state index contributed by atoms with van der Waals surface area (Å²) in [5, 5.41) is 3.96. The molecule has 0 bridgehead atoms. The Bertz CT molecular complexity index is 574. The summed E-state index contributed by atoms with van der Waals surface area (Å²) in [5.74, 6) is 1.54. The van der Waals surface area contributed by atoms with Crippen LogP contribution >= 0.6 is 27.5 Å². The SMILES string of the molecule is CCCc1nc(-c2cccc(Cl)c2)nc(NCC)c1Br. The molecule has 20 heavy (non-hydrogen) atoms. The van der Waals surface area contributed by atoms with Gasteiger partial charge in [-0.3, -0.25) is 0 Å². The van der Waals surface area contributed by atoms with E-state index in [9.17, 15) is 0 Å². The number of hydrogen-bond acceptors (Lipinski definition) is 3. The number of rotatable bonds is 5. The molecule has 0 fully saturated rings. The first-order chi connectivity index (χ1) is 9.65. The van der Waals surface area contributed by atoms with Crippen LogP contribution in [0.4, 0.5) is 5.82 Å². The van der Waals surface area contributed by atoms with Crippen molar-refractivity contribution >= 4 is 33.3 Å². The van der Waals surface area contributed by atoms with Crippen LogP contribution in [0, 0.1) is 0 Å². The maximum absolute atomic E-state index is 6.05. The first kappa shape index (κ1) is 15.3. The second-order valence-corrected chi connectivity index (χ2v) is 5.68. The Morgan fingerprint density at radius 3 is 2.70 bits per heavy atom. The molecule has 0 spiro atoms. The first-order valence-electron chi connectivity index (χ1n) is 6.72. The summed E-state index contributed by atoms with van der Waals surface area (Å²) >= 11 is 9.64. The molecule has 1 heterocycles. The van der Waals surface area contributed by atoms with E-state index in [1.807, 2.05) is 31.2 Å². The summed E-state index contributed by atoms with van der Waals surface area (Å²) in [7, 11) is 0. The second kappa shape index (κ2) is 7.04. The van der Waals surface area contributed by atoms with Crippen molar-refractivity contribution in [2.75, 3.05) is 11.9 Å². The number of hydrogen-bond donors (Lipinski definition) is 1. The lowest BCUT2D eigenvalue weighted by atomic mass is 10.2. The van der Waals surface area contributed by atoms with Crippen molar-refractivity contribution in [3.05, 3.63) is 39.5 Å². The van der Waals surface area contributed by atoms with E-state index in [0.717, 1.165) is 40.9 Å². The van der Waals surface area contributed by atoms with Gasteiger partial charge in [0.05, 0.1) is 10.2 Å². The Hall–Kier alpha value is -1.13. The molecule has 0 atom stereocenters. The quantitative estimate of drug-likeness (QED) is 0.826. The van der Waals surface area contributed by atoms with Gasteiger partial charge in [0.2, 0.25) is 0 Å². The molecule has 0 aliphatic rings. The fourth-order valence-corrected chi connectivity index (χ4v) is 2.64. The molecule has 0 radical (unpaired) electrons. The number of aromatic nitrogens is 2. The Balaban J connectivity index is 2.52. The van der Waals surface area contributed by atoms with Gasteiger partial charge < -0.3 is 5.32 Å². The fourth-order valence-electron chi connectivity index (χ4n) is 1.94. The van der Waals surface area contributed by atoms with Crippen LogP contribution in [0.15, 0.2) is 28.7 Å². The number of nitrogens with zero attached hydrogens (tertiary/aromatic N) is 2. The van der Waals surface area contributed by atoms with Crippen LogP contribution in [-0.4, -0.2) is 16.5 Å². The number of aryl methyl sites for hydroxylation is 1. The zero-order valence-electron chi connectivity index (χ0n) is 11.6. The molecule has 106 valence electrons. The summed E-state index contributed by atoms with van der Waals surface area (Å²) in [6.07, 6.45) is 1.95. The lowest BCUT2D eigenvalue weighted by molar-refractivity contribution is 0.867. The summed E-state index contributed by atoms with van der Waals surface area (Å²) in [4.78, 5) is 9.25. The number of halogens is 2. The van der Waals surface area contributed by atoms with Crippen LogP contribution in [0.3, 0.4) is 0 Å². The van der Waals surface area contributed by atoms with E-state index < -0.39 is 0 Å². The molecule has 0 aliphatic carbocycles. The highest BCUT2D eigenvalue weighted by atomic mass is 79.9. The van der Waals surface area contributed by atoms with Gasteiger partial charge in [0, 0.05) is 17.1 Å². The number of anilines is 1. The van der Waals surface area contributed by atoms with E-state index in [-0.39, 0.29) is 0 Å². The highest BCUT2D eigenvalue weighted by molar-refractivity contribution is 9.10. The van der Waals surface area contributed by atoms with E-state index in [0.29, 0.717) is 10.8 Å². The zero-order valence-corrected chi connectivity index (χ0v) is 13.9. The van der Waals surface area contributed by atoms with E-state index in [1.54, 1.807) is 0 Å². The molecule has 3 nitrogen and oxygen atoms in total. The first-order valence-corrected chi connectivity index (χ1v) is 7.89. The molecule has 0 unspecified atom stereocenters. The summed E-state index contributed by atoms with van der Waals surface area (Å²) in [6, 6.07) is 7.62. The van der Waals surface area contributed by atoms with Crippen LogP contribution in [-0.2, 0) is 6.42 Å². The van der Waals surface area contributed by atoms with Gasteiger partial charge in [0.1, 0.15) is 5.82 Å². The molecular formula is C15H17BrClN3. The van der Waals surface area contributed by atoms with Crippen molar-refractivity contribution in [1.29, 1.82) is 0 Å². The smallest absolute Gasteiger partial charge is 0.161 e. The van der Waals surface area contributed by atoms with Crippen LogP contribution in [0.2, 0.25) is 5.02 Å². The van der Waals surface area contributed by atoms with Gasteiger partial charge in [-0.15, -0.1) is 0 Å². The average Bonchev–Trinajstić information content (AvgIpc) is 2.43. The Morgan fingerprint density at radius 1 is 1.25 bits per heavy atom. The van der Waals surface area contributed by atoms with Crippen molar-refractivity contribution in [2.24, 2.45) is 0 Å². The third-order valence-electron chi connectivity index (χ3n) is 2.83.